The number of aryl methyl sites for hydroxylation is 1. The first-order valence-electron chi connectivity index (χ1n) is 5.86. The Morgan fingerprint density at radius 2 is 1.95 bits per heavy atom. The van der Waals surface area contributed by atoms with Crippen molar-refractivity contribution in [2.24, 2.45) is 0 Å². The second kappa shape index (κ2) is 5.97. The zero-order chi connectivity index (χ0) is 14.8. The quantitative estimate of drug-likeness (QED) is 0.886. The van der Waals surface area contributed by atoms with Gasteiger partial charge in [-0.1, -0.05) is 23.7 Å². The number of aliphatic hydroxyl groups is 1. The van der Waals surface area contributed by atoms with Gasteiger partial charge in [0.15, 0.2) is 0 Å². The first-order chi connectivity index (χ1) is 9.42. The number of benzene rings is 1. The molecule has 0 saturated heterocycles. The van der Waals surface area contributed by atoms with Gasteiger partial charge in [-0.05, 0) is 24.6 Å². The van der Waals surface area contributed by atoms with Crippen molar-refractivity contribution in [3.05, 3.63) is 52.4 Å². The number of furan rings is 1. The van der Waals surface area contributed by atoms with Crippen LogP contribution in [0.15, 0.2) is 39.6 Å². The SMILES string of the molecule is Cc1oc(CO)cc1S(=O)(=O)NCc1ccc(Cl)cc1. The molecule has 0 amide bonds. The van der Waals surface area contributed by atoms with Gasteiger partial charge in [0.2, 0.25) is 10.0 Å². The lowest BCUT2D eigenvalue weighted by Gasteiger charge is -2.05. The average molecular weight is 316 g/mol. The van der Waals surface area contributed by atoms with Gasteiger partial charge >= 0.3 is 0 Å². The minimum Gasteiger partial charge on any atom is -0.462 e. The van der Waals surface area contributed by atoms with E-state index >= 15 is 0 Å². The number of hydrogen-bond donors (Lipinski definition) is 2. The van der Waals surface area contributed by atoms with Crippen molar-refractivity contribution in [1.29, 1.82) is 0 Å². The molecular formula is C13H14ClNO4S. The van der Waals surface area contributed by atoms with Crippen LogP contribution in [0.3, 0.4) is 0 Å². The number of hydrogen-bond acceptors (Lipinski definition) is 4. The van der Waals surface area contributed by atoms with Gasteiger partial charge in [-0.2, -0.15) is 0 Å². The highest BCUT2D eigenvalue weighted by molar-refractivity contribution is 7.89. The molecule has 20 heavy (non-hydrogen) atoms. The maximum absolute atomic E-state index is 12.1. The molecule has 108 valence electrons. The van der Waals surface area contributed by atoms with E-state index in [4.69, 9.17) is 21.1 Å². The molecular weight excluding hydrogens is 302 g/mol. The topological polar surface area (TPSA) is 79.5 Å². The number of rotatable bonds is 5. The monoisotopic (exact) mass is 315 g/mol. The smallest absolute Gasteiger partial charge is 0.244 e. The standard InChI is InChI=1S/C13H14ClNO4S/c1-9-13(6-12(8-16)19-9)20(17,18)15-7-10-2-4-11(14)5-3-10/h2-6,15-16H,7-8H2,1H3. The molecule has 1 heterocycles. The van der Waals surface area contributed by atoms with Gasteiger partial charge in [-0.25, -0.2) is 13.1 Å². The van der Waals surface area contributed by atoms with Crippen molar-refractivity contribution in [3.63, 3.8) is 0 Å². The molecule has 2 aromatic rings. The number of aliphatic hydroxyl groups excluding tert-OH is 1. The Kier molecular flexibility index (Phi) is 4.49. The third kappa shape index (κ3) is 3.40. The summed E-state index contributed by atoms with van der Waals surface area (Å²) in [6.45, 7) is 1.35. The Balaban J connectivity index is 2.14. The minimum atomic E-state index is -3.68. The number of halogens is 1. The number of sulfonamides is 1. The molecule has 2 rings (SSSR count). The van der Waals surface area contributed by atoms with Gasteiger partial charge in [0, 0.05) is 17.6 Å². The van der Waals surface area contributed by atoms with Gasteiger partial charge in [-0.15, -0.1) is 0 Å². The Morgan fingerprint density at radius 1 is 1.30 bits per heavy atom. The highest BCUT2D eigenvalue weighted by Crippen LogP contribution is 2.20. The Labute approximate surface area is 122 Å². The molecule has 0 saturated carbocycles. The van der Waals surface area contributed by atoms with E-state index in [0.717, 1.165) is 5.56 Å². The molecule has 0 unspecified atom stereocenters. The molecule has 0 atom stereocenters. The van der Waals surface area contributed by atoms with E-state index in [9.17, 15) is 8.42 Å². The van der Waals surface area contributed by atoms with Crippen molar-refractivity contribution >= 4 is 21.6 Å². The van der Waals surface area contributed by atoms with Crippen LogP contribution in [0, 0.1) is 6.92 Å². The predicted molar refractivity (Wildman–Crippen MR) is 74.8 cm³/mol. The summed E-state index contributed by atoms with van der Waals surface area (Å²) in [5.41, 5.74) is 0.793. The maximum atomic E-state index is 12.1. The van der Waals surface area contributed by atoms with E-state index in [0.29, 0.717) is 5.02 Å². The van der Waals surface area contributed by atoms with Gasteiger partial charge < -0.3 is 9.52 Å². The van der Waals surface area contributed by atoms with Gasteiger partial charge in [0.25, 0.3) is 0 Å². The van der Waals surface area contributed by atoms with Crippen LogP contribution in [0.2, 0.25) is 5.02 Å². The molecule has 0 aliphatic rings. The fraction of sp³-hybridized carbons (Fsp3) is 0.231. The fourth-order valence-corrected chi connectivity index (χ4v) is 3.07. The van der Waals surface area contributed by atoms with Gasteiger partial charge in [-0.3, -0.25) is 0 Å². The zero-order valence-electron chi connectivity index (χ0n) is 10.8. The lowest BCUT2D eigenvalue weighted by Crippen LogP contribution is -2.23. The van der Waals surface area contributed by atoms with E-state index < -0.39 is 10.0 Å². The summed E-state index contributed by atoms with van der Waals surface area (Å²) in [6, 6.07) is 8.19. The first kappa shape index (κ1) is 15.1. The van der Waals surface area contributed by atoms with E-state index in [2.05, 4.69) is 4.72 Å². The normalized spacial score (nSPS) is 11.8. The van der Waals surface area contributed by atoms with Crippen LogP contribution in [0.25, 0.3) is 0 Å². The molecule has 0 aliphatic carbocycles. The maximum Gasteiger partial charge on any atom is 0.244 e. The van der Waals surface area contributed by atoms with Crippen LogP contribution >= 0.6 is 11.6 Å². The zero-order valence-corrected chi connectivity index (χ0v) is 12.3. The molecule has 0 fully saturated rings. The van der Waals surface area contributed by atoms with Crippen molar-refractivity contribution in [1.82, 2.24) is 4.72 Å². The van der Waals surface area contributed by atoms with Crippen molar-refractivity contribution < 1.29 is 17.9 Å². The van der Waals surface area contributed by atoms with E-state index in [-0.39, 0.29) is 29.6 Å². The highest BCUT2D eigenvalue weighted by Gasteiger charge is 2.20. The van der Waals surface area contributed by atoms with Crippen LogP contribution in [-0.2, 0) is 23.2 Å². The molecule has 2 N–H and O–H groups in total. The molecule has 0 spiro atoms. The molecule has 0 aliphatic heterocycles. The predicted octanol–water partition coefficient (Wildman–Crippen LogP) is 2.21. The minimum absolute atomic E-state index is 0.0375. The van der Waals surface area contributed by atoms with Crippen LogP contribution in [-0.4, -0.2) is 13.5 Å². The van der Waals surface area contributed by atoms with Crippen molar-refractivity contribution in [2.75, 3.05) is 0 Å². The first-order valence-corrected chi connectivity index (χ1v) is 7.73. The average Bonchev–Trinajstić information content (AvgIpc) is 2.80. The summed E-state index contributed by atoms with van der Waals surface area (Å²) >= 11 is 5.76. The highest BCUT2D eigenvalue weighted by atomic mass is 35.5. The summed E-state index contributed by atoms with van der Waals surface area (Å²) < 4.78 is 31.9. The van der Waals surface area contributed by atoms with Crippen LogP contribution in [0.1, 0.15) is 17.1 Å². The second-order valence-electron chi connectivity index (χ2n) is 4.24. The van der Waals surface area contributed by atoms with Gasteiger partial charge in [0.1, 0.15) is 23.0 Å². The molecule has 0 radical (unpaired) electrons. The summed E-state index contributed by atoms with van der Waals surface area (Å²) in [7, 11) is -3.68. The Morgan fingerprint density at radius 3 is 2.50 bits per heavy atom. The third-order valence-corrected chi connectivity index (χ3v) is 4.51. The molecule has 7 heteroatoms. The third-order valence-electron chi connectivity index (χ3n) is 2.75. The van der Waals surface area contributed by atoms with Crippen molar-refractivity contribution in [3.8, 4) is 0 Å². The van der Waals surface area contributed by atoms with E-state index in [1.165, 1.54) is 13.0 Å². The van der Waals surface area contributed by atoms with Crippen molar-refractivity contribution in [2.45, 2.75) is 25.0 Å². The molecule has 5 nitrogen and oxygen atoms in total. The van der Waals surface area contributed by atoms with Gasteiger partial charge in [0.05, 0.1) is 0 Å². The summed E-state index contributed by atoms with van der Waals surface area (Å²) in [5, 5.41) is 9.55. The van der Waals surface area contributed by atoms with Crippen LogP contribution in [0.4, 0.5) is 0 Å². The number of nitrogens with one attached hydrogen (secondary N) is 1. The van der Waals surface area contributed by atoms with Crippen LogP contribution < -0.4 is 4.72 Å². The van der Waals surface area contributed by atoms with Crippen LogP contribution in [0.5, 0.6) is 0 Å². The second-order valence-corrected chi connectivity index (χ2v) is 6.41. The Hall–Kier alpha value is -1.34. The lowest BCUT2D eigenvalue weighted by molar-refractivity contribution is 0.244. The largest absolute Gasteiger partial charge is 0.462 e. The summed E-state index contributed by atoms with van der Waals surface area (Å²) in [5.74, 6) is 0.465. The van der Waals surface area contributed by atoms with E-state index in [1.54, 1.807) is 24.3 Å². The molecule has 0 bridgehead atoms. The lowest BCUT2D eigenvalue weighted by atomic mass is 10.2. The fourth-order valence-electron chi connectivity index (χ4n) is 1.73. The summed E-state index contributed by atoms with van der Waals surface area (Å²) in [6.07, 6.45) is 0. The van der Waals surface area contributed by atoms with E-state index in [1.807, 2.05) is 0 Å². The Bertz CT molecular complexity index is 692. The molecule has 1 aromatic carbocycles. The molecule has 1 aromatic heterocycles. The summed E-state index contributed by atoms with van der Waals surface area (Å²) in [4.78, 5) is 0.0375.